The molecule has 0 aromatic carbocycles. The molecule has 1 aromatic heterocycles. The predicted octanol–water partition coefficient (Wildman–Crippen LogP) is 2.58. The highest BCUT2D eigenvalue weighted by atomic mass is 16.1. The van der Waals surface area contributed by atoms with Crippen LogP contribution in [0.5, 0.6) is 0 Å². The Bertz CT molecular complexity index is 314. The van der Waals surface area contributed by atoms with E-state index < -0.39 is 5.41 Å². The number of carbonyl (C=O) groups excluding carboxylic acids is 1. The number of hydrogen-bond donors (Lipinski definition) is 0. The average Bonchev–Trinajstić information content (AvgIpc) is 2.18. The topological polar surface area (TPSA) is 30.0 Å². The Hall–Kier alpha value is -1.18. The fourth-order valence-electron chi connectivity index (χ4n) is 1.58. The van der Waals surface area contributed by atoms with E-state index in [1.54, 1.807) is 6.20 Å². The second kappa shape index (κ2) is 3.91. The van der Waals surface area contributed by atoms with Gasteiger partial charge in [0.2, 0.25) is 0 Å². The molecule has 0 N–H and O–H groups in total. The van der Waals surface area contributed by atoms with Gasteiger partial charge >= 0.3 is 0 Å². The summed E-state index contributed by atoms with van der Waals surface area (Å²) in [5, 5.41) is 0. The third-order valence-corrected chi connectivity index (χ3v) is 2.45. The van der Waals surface area contributed by atoms with E-state index in [-0.39, 0.29) is 11.7 Å². The highest BCUT2D eigenvalue weighted by Gasteiger charge is 2.32. The number of Topliss-reactive ketones (excluding diaryl/α,β-unsaturated/α-hetero) is 1. The van der Waals surface area contributed by atoms with E-state index >= 15 is 0 Å². The largest absolute Gasteiger partial charge is 0.298 e. The zero-order chi connectivity index (χ0) is 10.8. The van der Waals surface area contributed by atoms with Crippen LogP contribution in [0.1, 0.15) is 33.4 Å². The maximum absolute atomic E-state index is 11.9. The molecule has 0 aliphatic carbocycles. The van der Waals surface area contributed by atoms with Gasteiger partial charge in [0, 0.05) is 12.1 Å². The first kappa shape index (κ1) is 10.9. The van der Waals surface area contributed by atoms with E-state index in [0.29, 0.717) is 0 Å². The van der Waals surface area contributed by atoms with Gasteiger partial charge in [-0.05, 0) is 26.0 Å². The van der Waals surface area contributed by atoms with Crippen LogP contribution < -0.4 is 0 Å². The molecule has 0 atom stereocenters. The summed E-state index contributed by atoms with van der Waals surface area (Å²) in [6.07, 6.45) is 1.73. The number of pyridine rings is 1. The van der Waals surface area contributed by atoms with Gasteiger partial charge in [-0.3, -0.25) is 9.78 Å². The number of hydrogen-bond acceptors (Lipinski definition) is 2. The van der Waals surface area contributed by atoms with Crippen molar-refractivity contribution in [3.63, 3.8) is 0 Å². The van der Waals surface area contributed by atoms with Gasteiger partial charge < -0.3 is 0 Å². The number of rotatable bonds is 3. The van der Waals surface area contributed by atoms with Crippen LogP contribution in [0, 0.1) is 5.92 Å². The summed E-state index contributed by atoms with van der Waals surface area (Å²) in [5.74, 6) is 0.281. The maximum Gasteiger partial charge on any atom is 0.146 e. The van der Waals surface area contributed by atoms with Crippen molar-refractivity contribution in [1.82, 2.24) is 4.98 Å². The van der Waals surface area contributed by atoms with Crippen LogP contribution in [-0.4, -0.2) is 10.8 Å². The van der Waals surface area contributed by atoms with Crippen molar-refractivity contribution in [3.8, 4) is 0 Å². The zero-order valence-corrected chi connectivity index (χ0v) is 9.24. The van der Waals surface area contributed by atoms with Gasteiger partial charge in [0.15, 0.2) is 0 Å². The van der Waals surface area contributed by atoms with Gasteiger partial charge in [-0.1, -0.05) is 19.9 Å². The Kier molecular flexibility index (Phi) is 3.04. The van der Waals surface area contributed by atoms with Crippen molar-refractivity contribution < 1.29 is 4.79 Å². The van der Waals surface area contributed by atoms with Crippen molar-refractivity contribution in [2.75, 3.05) is 0 Å². The summed E-state index contributed by atoms with van der Waals surface area (Å²) in [6.45, 7) is 7.70. The minimum atomic E-state index is -0.477. The van der Waals surface area contributed by atoms with Crippen molar-refractivity contribution >= 4 is 5.78 Å². The van der Waals surface area contributed by atoms with Gasteiger partial charge in [0.05, 0.1) is 11.1 Å². The Morgan fingerprint density at radius 3 is 2.43 bits per heavy atom. The normalized spacial score (nSPS) is 11.8. The van der Waals surface area contributed by atoms with Gasteiger partial charge in [-0.25, -0.2) is 0 Å². The van der Waals surface area contributed by atoms with Crippen LogP contribution in [0.25, 0.3) is 0 Å². The van der Waals surface area contributed by atoms with Gasteiger partial charge in [0.1, 0.15) is 5.78 Å². The summed E-state index contributed by atoms with van der Waals surface area (Å²) in [4.78, 5) is 16.2. The van der Waals surface area contributed by atoms with Crippen LogP contribution in [0.4, 0.5) is 0 Å². The molecular formula is C12H17NO. The van der Waals surface area contributed by atoms with Crippen LogP contribution in [0.15, 0.2) is 24.4 Å². The van der Waals surface area contributed by atoms with Crippen LogP contribution in [-0.2, 0) is 10.2 Å². The van der Waals surface area contributed by atoms with Crippen molar-refractivity contribution in [3.05, 3.63) is 30.1 Å². The minimum absolute atomic E-state index is 0.0482. The molecule has 2 nitrogen and oxygen atoms in total. The minimum Gasteiger partial charge on any atom is -0.298 e. The lowest BCUT2D eigenvalue weighted by molar-refractivity contribution is -0.126. The Morgan fingerprint density at radius 2 is 2.00 bits per heavy atom. The number of ketones is 1. The number of aromatic nitrogens is 1. The third-order valence-electron chi connectivity index (χ3n) is 2.45. The molecule has 0 saturated heterocycles. The Balaban J connectivity index is 3.02. The summed E-state index contributed by atoms with van der Waals surface area (Å²) in [5.41, 5.74) is 0.369. The molecule has 2 heteroatoms. The van der Waals surface area contributed by atoms with Crippen molar-refractivity contribution in [2.24, 2.45) is 5.92 Å². The average molecular weight is 191 g/mol. The molecule has 0 fully saturated rings. The lowest BCUT2D eigenvalue weighted by Crippen LogP contribution is -2.33. The molecular weight excluding hydrogens is 174 g/mol. The predicted molar refractivity (Wildman–Crippen MR) is 57.1 cm³/mol. The molecule has 0 aliphatic heterocycles. The summed E-state index contributed by atoms with van der Waals surface area (Å²) >= 11 is 0. The van der Waals surface area contributed by atoms with E-state index in [4.69, 9.17) is 0 Å². The van der Waals surface area contributed by atoms with E-state index in [1.165, 1.54) is 0 Å². The standard InChI is InChI=1S/C12H17NO/c1-9(2)11(14)12(3,4)10-7-5-6-8-13-10/h5-9H,1-4H3. The molecule has 0 spiro atoms. The molecule has 76 valence electrons. The quantitative estimate of drug-likeness (QED) is 0.735. The third kappa shape index (κ3) is 2.00. The first-order valence-corrected chi connectivity index (χ1v) is 4.92. The second-order valence-electron chi connectivity index (χ2n) is 4.36. The van der Waals surface area contributed by atoms with E-state index in [1.807, 2.05) is 45.9 Å². The van der Waals surface area contributed by atoms with Crippen LogP contribution >= 0.6 is 0 Å². The SMILES string of the molecule is CC(C)C(=O)C(C)(C)c1ccccn1. The molecule has 0 amide bonds. The molecule has 0 aliphatic rings. The summed E-state index contributed by atoms with van der Waals surface area (Å²) in [6, 6.07) is 5.68. The van der Waals surface area contributed by atoms with Crippen molar-refractivity contribution in [2.45, 2.75) is 33.1 Å². The number of nitrogens with zero attached hydrogens (tertiary/aromatic N) is 1. The molecule has 1 rings (SSSR count). The van der Waals surface area contributed by atoms with Gasteiger partial charge in [-0.15, -0.1) is 0 Å². The summed E-state index contributed by atoms with van der Waals surface area (Å²) < 4.78 is 0. The molecule has 1 aromatic rings. The van der Waals surface area contributed by atoms with Crippen LogP contribution in [0.2, 0.25) is 0 Å². The first-order valence-electron chi connectivity index (χ1n) is 4.92. The maximum atomic E-state index is 11.9. The highest BCUT2D eigenvalue weighted by Crippen LogP contribution is 2.25. The lowest BCUT2D eigenvalue weighted by Gasteiger charge is -2.24. The second-order valence-corrected chi connectivity index (χ2v) is 4.36. The van der Waals surface area contributed by atoms with E-state index in [2.05, 4.69) is 4.98 Å². The molecule has 1 heterocycles. The fourth-order valence-corrected chi connectivity index (χ4v) is 1.58. The summed E-state index contributed by atoms with van der Waals surface area (Å²) in [7, 11) is 0. The number of carbonyl (C=O) groups is 1. The van der Waals surface area contributed by atoms with Gasteiger partial charge in [0.25, 0.3) is 0 Å². The first-order chi connectivity index (χ1) is 6.46. The Labute approximate surface area is 85.4 Å². The fraction of sp³-hybridized carbons (Fsp3) is 0.500. The molecule has 14 heavy (non-hydrogen) atoms. The Morgan fingerprint density at radius 1 is 1.36 bits per heavy atom. The molecule has 0 saturated carbocycles. The van der Waals surface area contributed by atoms with Gasteiger partial charge in [-0.2, -0.15) is 0 Å². The highest BCUT2D eigenvalue weighted by molar-refractivity contribution is 5.90. The van der Waals surface area contributed by atoms with E-state index in [9.17, 15) is 4.79 Å². The van der Waals surface area contributed by atoms with Crippen LogP contribution in [0.3, 0.4) is 0 Å². The van der Waals surface area contributed by atoms with Crippen molar-refractivity contribution in [1.29, 1.82) is 0 Å². The molecule has 0 bridgehead atoms. The van der Waals surface area contributed by atoms with E-state index in [0.717, 1.165) is 5.69 Å². The molecule has 0 radical (unpaired) electrons. The monoisotopic (exact) mass is 191 g/mol. The lowest BCUT2D eigenvalue weighted by atomic mass is 9.79. The molecule has 0 unspecified atom stereocenters. The zero-order valence-electron chi connectivity index (χ0n) is 9.24. The smallest absolute Gasteiger partial charge is 0.146 e.